The average molecular weight is 700 g/mol. The van der Waals surface area contributed by atoms with Crippen LogP contribution in [0.2, 0.25) is 0 Å². The number of rotatable bonds is 4. The van der Waals surface area contributed by atoms with E-state index in [1.807, 2.05) is 6.07 Å². The Kier molecular flexibility index (Phi) is 6.29. The molecule has 1 spiro atoms. The van der Waals surface area contributed by atoms with E-state index in [4.69, 9.17) is 4.42 Å². The summed E-state index contributed by atoms with van der Waals surface area (Å²) in [6.45, 7) is 0. The molecule has 0 radical (unpaired) electrons. The van der Waals surface area contributed by atoms with E-state index < -0.39 is 5.41 Å². The summed E-state index contributed by atoms with van der Waals surface area (Å²) in [5, 5.41) is 4.68. The maximum atomic E-state index is 6.42. The molecule has 2 aliphatic carbocycles. The van der Waals surface area contributed by atoms with E-state index in [0.717, 1.165) is 44.6 Å². The molecular weight excluding hydrogens is 667 g/mol. The number of benzene rings is 9. The normalized spacial score (nSPS) is 13.2. The molecule has 2 heteroatoms. The summed E-state index contributed by atoms with van der Waals surface area (Å²) in [5.74, 6) is 0. The minimum absolute atomic E-state index is 0.430. The molecule has 0 N–H and O–H groups in total. The minimum atomic E-state index is -0.430. The van der Waals surface area contributed by atoms with E-state index >= 15 is 0 Å². The molecule has 256 valence electrons. The molecule has 0 saturated heterocycles. The molecule has 10 aromatic rings. The maximum absolute atomic E-state index is 6.42. The van der Waals surface area contributed by atoms with Crippen LogP contribution in [0.4, 0.5) is 17.1 Å². The molecule has 0 atom stereocenters. The van der Waals surface area contributed by atoms with Gasteiger partial charge >= 0.3 is 0 Å². The van der Waals surface area contributed by atoms with Gasteiger partial charge in [0.2, 0.25) is 0 Å². The Bertz CT molecular complexity index is 3110. The first-order valence-corrected chi connectivity index (χ1v) is 19.0. The van der Waals surface area contributed by atoms with Gasteiger partial charge in [-0.3, -0.25) is 0 Å². The van der Waals surface area contributed by atoms with Crippen molar-refractivity contribution in [3.63, 3.8) is 0 Å². The smallest absolute Gasteiger partial charge is 0.136 e. The number of hydrogen-bond acceptors (Lipinski definition) is 2. The molecule has 1 heterocycles. The second kappa shape index (κ2) is 11.4. The zero-order valence-electron chi connectivity index (χ0n) is 29.9. The van der Waals surface area contributed by atoms with Gasteiger partial charge in [0.1, 0.15) is 11.2 Å². The van der Waals surface area contributed by atoms with Crippen LogP contribution in [-0.2, 0) is 5.41 Å². The largest absolute Gasteiger partial charge is 0.456 e. The molecule has 2 nitrogen and oxygen atoms in total. The third-order valence-corrected chi connectivity index (χ3v) is 12.1. The van der Waals surface area contributed by atoms with Gasteiger partial charge in [0.15, 0.2) is 0 Å². The van der Waals surface area contributed by atoms with Gasteiger partial charge in [-0.05, 0) is 97.9 Å². The number of anilines is 3. The van der Waals surface area contributed by atoms with E-state index in [9.17, 15) is 0 Å². The van der Waals surface area contributed by atoms with Crippen LogP contribution in [0.15, 0.2) is 205 Å². The lowest BCUT2D eigenvalue weighted by Crippen LogP contribution is -2.26. The maximum Gasteiger partial charge on any atom is 0.136 e. The highest BCUT2D eigenvalue weighted by Crippen LogP contribution is 2.63. The Morgan fingerprint density at radius 2 is 0.927 bits per heavy atom. The zero-order chi connectivity index (χ0) is 36.1. The second-order valence-corrected chi connectivity index (χ2v) is 14.7. The predicted molar refractivity (Wildman–Crippen MR) is 228 cm³/mol. The molecule has 55 heavy (non-hydrogen) atoms. The molecular formula is C53H33NO. The summed E-state index contributed by atoms with van der Waals surface area (Å²) in [5.41, 5.74) is 17.6. The van der Waals surface area contributed by atoms with Crippen molar-refractivity contribution in [3.8, 4) is 33.4 Å². The van der Waals surface area contributed by atoms with Gasteiger partial charge in [-0.1, -0.05) is 158 Å². The fraction of sp³-hybridized carbons (Fsp3) is 0.0189. The lowest BCUT2D eigenvalue weighted by atomic mass is 9.70. The molecule has 0 fully saturated rings. The van der Waals surface area contributed by atoms with E-state index in [2.05, 4.69) is 199 Å². The van der Waals surface area contributed by atoms with Crippen LogP contribution in [0, 0.1) is 0 Å². The van der Waals surface area contributed by atoms with Gasteiger partial charge in [0.25, 0.3) is 0 Å². The van der Waals surface area contributed by atoms with Crippen LogP contribution in [0.5, 0.6) is 0 Å². The molecule has 12 rings (SSSR count). The van der Waals surface area contributed by atoms with Crippen LogP contribution in [0.25, 0.3) is 66.1 Å². The lowest BCUT2D eigenvalue weighted by Gasteiger charge is -2.32. The summed E-state index contributed by atoms with van der Waals surface area (Å²) in [4.78, 5) is 2.45. The van der Waals surface area contributed by atoms with E-state index in [1.54, 1.807) is 0 Å². The fourth-order valence-electron chi connectivity index (χ4n) is 9.94. The highest BCUT2D eigenvalue weighted by molar-refractivity contribution is 6.23. The SMILES string of the molecule is c1ccc(N(c2ccc3c(c2)C2(c4ccccc4-c4ccccc42)c2ccccc2-3)c2ccccc2-c2cccc3ccc4oc5ccccc5c4c23)cc1. The van der Waals surface area contributed by atoms with Crippen LogP contribution in [-0.4, -0.2) is 0 Å². The first-order chi connectivity index (χ1) is 27.3. The molecule has 0 bridgehead atoms. The van der Waals surface area contributed by atoms with Crippen molar-refractivity contribution in [2.75, 3.05) is 4.90 Å². The Hall–Kier alpha value is -7.16. The number of para-hydroxylation sites is 3. The number of nitrogens with zero attached hydrogens (tertiary/aromatic N) is 1. The summed E-state index contributed by atoms with van der Waals surface area (Å²) < 4.78 is 6.42. The summed E-state index contributed by atoms with van der Waals surface area (Å²) >= 11 is 0. The third-order valence-electron chi connectivity index (χ3n) is 12.1. The topological polar surface area (TPSA) is 16.4 Å². The molecule has 0 saturated carbocycles. The Balaban J connectivity index is 1.14. The molecule has 9 aromatic carbocycles. The minimum Gasteiger partial charge on any atom is -0.456 e. The first kappa shape index (κ1) is 30.3. The van der Waals surface area contributed by atoms with Crippen molar-refractivity contribution in [1.29, 1.82) is 0 Å². The fourth-order valence-corrected chi connectivity index (χ4v) is 9.94. The van der Waals surface area contributed by atoms with E-state index in [-0.39, 0.29) is 0 Å². The third kappa shape index (κ3) is 4.08. The first-order valence-electron chi connectivity index (χ1n) is 19.0. The second-order valence-electron chi connectivity index (χ2n) is 14.7. The van der Waals surface area contributed by atoms with Crippen LogP contribution in [0.1, 0.15) is 22.3 Å². The van der Waals surface area contributed by atoms with Gasteiger partial charge in [0.05, 0.1) is 11.1 Å². The molecule has 2 aliphatic rings. The van der Waals surface area contributed by atoms with Gasteiger partial charge in [0, 0.05) is 33.1 Å². The van der Waals surface area contributed by atoms with Crippen molar-refractivity contribution in [2.24, 2.45) is 0 Å². The number of furan rings is 1. The van der Waals surface area contributed by atoms with Gasteiger partial charge in [-0.2, -0.15) is 0 Å². The average Bonchev–Trinajstić information content (AvgIpc) is 3.88. The van der Waals surface area contributed by atoms with Crippen LogP contribution in [0.3, 0.4) is 0 Å². The highest BCUT2D eigenvalue weighted by atomic mass is 16.3. The quantitative estimate of drug-likeness (QED) is 0.182. The Labute approximate surface area is 319 Å². The molecule has 1 aromatic heterocycles. The van der Waals surface area contributed by atoms with E-state index in [0.29, 0.717) is 0 Å². The van der Waals surface area contributed by atoms with Crippen LogP contribution >= 0.6 is 0 Å². The lowest BCUT2D eigenvalue weighted by molar-refractivity contribution is 0.669. The zero-order valence-corrected chi connectivity index (χ0v) is 29.9. The van der Waals surface area contributed by atoms with Crippen molar-refractivity contribution in [3.05, 3.63) is 222 Å². The highest BCUT2D eigenvalue weighted by Gasteiger charge is 2.51. The summed E-state index contributed by atoms with van der Waals surface area (Å²) in [7, 11) is 0. The Morgan fingerprint density at radius 1 is 0.345 bits per heavy atom. The van der Waals surface area contributed by atoms with Crippen LogP contribution < -0.4 is 4.90 Å². The molecule has 0 amide bonds. The summed E-state index contributed by atoms with van der Waals surface area (Å²) in [6, 6.07) is 73.3. The molecule has 0 aliphatic heterocycles. The van der Waals surface area contributed by atoms with Gasteiger partial charge < -0.3 is 9.32 Å². The van der Waals surface area contributed by atoms with Gasteiger partial charge in [-0.15, -0.1) is 0 Å². The van der Waals surface area contributed by atoms with Crippen molar-refractivity contribution < 1.29 is 4.42 Å². The standard InChI is InChI=1S/C53H33NO/c1-2-16-35(17-3-1)54(48-27-12-7-21-41(48)42-23-14-15-34-29-32-50-52(51(34)42)43-22-8-13-28-49(43)55-50)36-30-31-40-39-20-6-11-26-46(39)53(47(40)33-36)44-24-9-4-18-37(44)38-19-5-10-25-45(38)53/h1-33H. The van der Waals surface area contributed by atoms with E-state index in [1.165, 1.54) is 60.8 Å². The number of hydrogen-bond donors (Lipinski definition) is 0. The molecule has 0 unspecified atom stereocenters. The van der Waals surface area contributed by atoms with Gasteiger partial charge in [-0.25, -0.2) is 0 Å². The Morgan fingerprint density at radius 3 is 1.65 bits per heavy atom. The monoisotopic (exact) mass is 699 g/mol. The number of fused-ring (bicyclic) bond motifs is 15. The summed E-state index contributed by atoms with van der Waals surface area (Å²) in [6.07, 6.45) is 0. The van der Waals surface area contributed by atoms with Crippen molar-refractivity contribution in [1.82, 2.24) is 0 Å². The van der Waals surface area contributed by atoms with Crippen molar-refractivity contribution in [2.45, 2.75) is 5.41 Å². The predicted octanol–water partition coefficient (Wildman–Crippen LogP) is 14.2. The van der Waals surface area contributed by atoms with Crippen molar-refractivity contribution >= 4 is 49.8 Å².